The van der Waals surface area contributed by atoms with Crippen LogP contribution in [0, 0.1) is 5.92 Å². The van der Waals surface area contributed by atoms with Crippen molar-refractivity contribution in [2.45, 2.75) is 45.1 Å². The zero-order valence-corrected chi connectivity index (χ0v) is 12.2. The third-order valence-electron chi connectivity index (χ3n) is 3.74. The Morgan fingerprint density at radius 3 is 2.35 bits per heavy atom. The smallest absolute Gasteiger partial charge is 0.0254 e. The van der Waals surface area contributed by atoms with Crippen LogP contribution in [-0.2, 0) is 0 Å². The monoisotopic (exact) mass is 241 g/mol. The van der Waals surface area contributed by atoms with Gasteiger partial charge in [0.15, 0.2) is 0 Å². The molecule has 0 saturated carbocycles. The lowest BCUT2D eigenvalue weighted by Gasteiger charge is -2.37. The molecule has 1 saturated heterocycles. The predicted molar refractivity (Wildman–Crippen MR) is 75.2 cm³/mol. The van der Waals surface area contributed by atoms with Gasteiger partial charge in [-0.15, -0.1) is 0 Å². The molecule has 1 rings (SSSR count). The number of likely N-dealkylation sites (tertiary alicyclic amines) is 1. The van der Waals surface area contributed by atoms with E-state index in [1.165, 1.54) is 38.9 Å². The molecule has 0 spiro atoms. The zero-order chi connectivity index (χ0) is 12.9. The predicted octanol–water partition coefficient (Wildman–Crippen LogP) is 1.78. The van der Waals surface area contributed by atoms with Gasteiger partial charge in [-0.2, -0.15) is 0 Å². The van der Waals surface area contributed by atoms with E-state index in [1.54, 1.807) is 0 Å². The summed E-state index contributed by atoms with van der Waals surface area (Å²) in [6, 6.07) is 0. The van der Waals surface area contributed by atoms with Crippen molar-refractivity contribution in [1.82, 2.24) is 9.80 Å². The normalized spacial score (nSPS) is 22.9. The molecule has 17 heavy (non-hydrogen) atoms. The van der Waals surface area contributed by atoms with E-state index in [0.29, 0.717) is 0 Å². The standard InChI is InChI=1S/C14H31N3/c1-5-8-14(2,15)12-17-9-6-13(7-10-17)11-16(3)4/h13H,5-12,15H2,1-4H3. The summed E-state index contributed by atoms with van der Waals surface area (Å²) in [5, 5.41) is 0. The Balaban J connectivity index is 2.27. The lowest BCUT2D eigenvalue weighted by atomic mass is 9.92. The zero-order valence-electron chi connectivity index (χ0n) is 12.2. The van der Waals surface area contributed by atoms with E-state index in [1.807, 2.05) is 0 Å². The number of nitrogens with two attached hydrogens (primary N) is 1. The maximum atomic E-state index is 6.32. The first-order valence-electron chi connectivity index (χ1n) is 7.09. The molecule has 1 aliphatic rings. The van der Waals surface area contributed by atoms with E-state index < -0.39 is 0 Å². The number of hydrogen-bond acceptors (Lipinski definition) is 3. The Kier molecular flexibility index (Phi) is 5.90. The van der Waals surface area contributed by atoms with Crippen molar-refractivity contribution in [3.63, 3.8) is 0 Å². The minimum absolute atomic E-state index is 0.00311. The lowest BCUT2D eigenvalue weighted by Crippen LogP contribution is -2.50. The second-order valence-electron chi connectivity index (χ2n) is 6.39. The van der Waals surface area contributed by atoms with Gasteiger partial charge in [-0.3, -0.25) is 0 Å². The highest BCUT2D eigenvalue weighted by Crippen LogP contribution is 2.20. The SMILES string of the molecule is CCCC(C)(N)CN1CCC(CN(C)C)CC1. The number of piperidine rings is 1. The summed E-state index contributed by atoms with van der Waals surface area (Å²) in [5.41, 5.74) is 6.33. The van der Waals surface area contributed by atoms with Crippen LogP contribution in [-0.4, -0.2) is 55.6 Å². The first-order chi connectivity index (χ1) is 7.93. The van der Waals surface area contributed by atoms with Crippen LogP contribution in [0.1, 0.15) is 39.5 Å². The fourth-order valence-electron chi connectivity index (χ4n) is 3.00. The van der Waals surface area contributed by atoms with E-state index in [4.69, 9.17) is 5.73 Å². The fraction of sp³-hybridized carbons (Fsp3) is 1.00. The molecule has 0 bridgehead atoms. The van der Waals surface area contributed by atoms with Crippen molar-refractivity contribution < 1.29 is 0 Å². The van der Waals surface area contributed by atoms with Gasteiger partial charge in [-0.05, 0) is 59.3 Å². The molecular formula is C14H31N3. The molecule has 0 aromatic rings. The molecule has 0 aromatic carbocycles. The summed E-state index contributed by atoms with van der Waals surface area (Å²) in [5.74, 6) is 0.886. The van der Waals surface area contributed by atoms with Crippen LogP contribution >= 0.6 is 0 Å². The lowest BCUT2D eigenvalue weighted by molar-refractivity contribution is 0.135. The maximum absolute atomic E-state index is 6.32. The van der Waals surface area contributed by atoms with E-state index in [-0.39, 0.29) is 5.54 Å². The van der Waals surface area contributed by atoms with Crippen LogP contribution in [0.25, 0.3) is 0 Å². The van der Waals surface area contributed by atoms with Gasteiger partial charge in [-0.1, -0.05) is 13.3 Å². The number of rotatable bonds is 6. The maximum Gasteiger partial charge on any atom is 0.0254 e. The largest absolute Gasteiger partial charge is 0.324 e. The van der Waals surface area contributed by atoms with Gasteiger partial charge in [0.2, 0.25) is 0 Å². The van der Waals surface area contributed by atoms with Crippen LogP contribution in [0.4, 0.5) is 0 Å². The van der Waals surface area contributed by atoms with Gasteiger partial charge < -0.3 is 15.5 Å². The Hall–Kier alpha value is -0.120. The van der Waals surface area contributed by atoms with E-state index >= 15 is 0 Å². The van der Waals surface area contributed by atoms with E-state index in [0.717, 1.165) is 18.9 Å². The van der Waals surface area contributed by atoms with Crippen molar-refractivity contribution in [1.29, 1.82) is 0 Å². The Morgan fingerprint density at radius 2 is 1.88 bits per heavy atom. The van der Waals surface area contributed by atoms with Crippen LogP contribution < -0.4 is 5.73 Å². The Morgan fingerprint density at radius 1 is 1.29 bits per heavy atom. The van der Waals surface area contributed by atoms with Gasteiger partial charge in [0, 0.05) is 18.6 Å². The molecule has 0 aromatic heterocycles. The first kappa shape index (κ1) is 14.9. The molecule has 1 fully saturated rings. The molecule has 0 aliphatic carbocycles. The van der Waals surface area contributed by atoms with Crippen molar-refractivity contribution in [2.75, 3.05) is 40.3 Å². The van der Waals surface area contributed by atoms with Gasteiger partial charge in [-0.25, -0.2) is 0 Å². The average Bonchev–Trinajstić information content (AvgIpc) is 2.19. The molecule has 102 valence electrons. The topological polar surface area (TPSA) is 32.5 Å². The molecule has 1 unspecified atom stereocenters. The highest BCUT2D eigenvalue weighted by Gasteiger charge is 2.25. The van der Waals surface area contributed by atoms with Crippen molar-refractivity contribution in [2.24, 2.45) is 11.7 Å². The molecular weight excluding hydrogens is 210 g/mol. The van der Waals surface area contributed by atoms with Gasteiger partial charge >= 0.3 is 0 Å². The fourth-order valence-corrected chi connectivity index (χ4v) is 3.00. The Labute approximate surface area is 107 Å². The summed E-state index contributed by atoms with van der Waals surface area (Å²) in [4.78, 5) is 4.87. The number of nitrogens with zero attached hydrogens (tertiary/aromatic N) is 2. The number of hydrogen-bond donors (Lipinski definition) is 1. The molecule has 3 heteroatoms. The summed E-state index contributed by atoms with van der Waals surface area (Å²) in [6.45, 7) is 9.18. The summed E-state index contributed by atoms with van der Waals surface area (Å²) in [6.07, 6.45) is 4.98. The van der Waals surface area contributed by atoms with Crippen molar-refractivity contribution in [3.8, 4) is 0 Å². The van der Waals surface area contributed by atoms with Crippen LogP contribution in [0.5, 0.6) is 0 Å². The van der Waals surface area contributed by atoms with Crippen LogP contribution in [0.15, 0.2) is 0 Å². The molecule has 0 amide bonds. The highest BCUT2D eigenvalue weighted by molar-refractivity contribution is 4.84. The van der Waals surface area contributed by atoms with Gasteiger partial charge in [0.25, 0.3) is 0 Å². The minimum Gasteiger partial charge on any atom is -0.324 e. The minimum atomic E-state index is 0.00311. The third-order valence-corrected chi connectivity index (χ3v) is 3.74. The van der Waals surface area contributed by atoms with Gasteiger partial charge in [0.1, 0.15) is 0 Å². The van der Waals surface area contributed by atoms with Crippen LogP contribution in [0.3, 0.4) is 0 Å². The average molecular weight is 241 g/mol. The summed E-state index contributed by atoms with van der Waals surface area (Å²) < 4.78 is 0. The van der Waals surface area contributed by atoms with Crippen molar-refractivity contribution in [3.05, 3.63) is 0 Å². The first-order valence-corrected chi connectivity index (χ1v) is 7.09. The quantitative estimate of drug-likeness (QED) is 0.769. The second kappa shape index (κ2) is 6.72. The van der Waals surface area contributed by atoms with Crippen LogP contribution in [0.2, 0.25) is 0 Å². The Bertz CT molecular complexity index is 206. The molecule has 1 aliphatic heterocycles. The van der Waals surface area contributed by atoms with E-state index in [2.05, 4.69) is 37.7 Å². The van der Waals surface area contributed by atoms with E-state index in [9.17, 15) is 0 Å². The van der Waals surface area contributed by atoms with Gasteiger partial charge in [0.05, 0.1) is 0 Å². The summed E-state index contributed by atoms with van der Waals surface area (Å²) in [7, 11) is 4.34. The molecule has 0 radical (unpaired) electrons. The molecule has 3 nitrogen and oxygen atoms in total. The third kappa shape index (κ3) is 5.84. The molecule has 1 atom stereocenters. The second-order valence-corrected chi connectivity index (χ2v) is 6.39. The highest BCUT2D eigenvalue weighted by atomic mass is 15.2. The van der Waals surface area contributed by atoms with Crippen molar-refractivity contribution >= 4 is 0 Å². The molecule has 1 heterocycles. The molecule has 2 N–H and O–H groups in total. The summed E-state index contributed by atoms with van der Waals surface area (Å²) >= 11 is 0.